The van der Waals surface area contributed by atoms with Gasteiger partial charge < -0.3 is 10.6 Å². The van der Waals surface area contributed by atoms with Gasteiger partial charge in [0.2, 0.25) is 0 Å². The van der Waals surface area contributed by atoms with E-state index in [-0.39, 0.29) is 18.1 Å². The zero-order chi connectivity index (χ0) is 14.5. The van der Waals surface area contributed by atoms with E-state index in [1.54, 1.807) is 28.1 Å². The summed E-state index contributed by atoms with van der Waals surface area (Å²) in [7, 11) is 0. The molecule has 2 aromatic heterocycles. The highest BCUT2D eigenvalue weighted by Gasteiger charge is 2.10. The number of hydrogen-bond acceptors (Lipinski definition) is 4. The van der Waals surface area contributed by atoms with E-state index in [2.05, 4.69) is 25.8 Å². The minimum Gasteiger partial charge on any atom is -0.334 e. The third-order valence-corrected chi connectivity index (χ3v) is 2.69. The second-order valence-electron chi connectivity index (χ2n) is 4.92. The highest BCUT2D eigenvalue weighted by atomic mass is 16.2. The molecule has 0 fully saturated rings. The lowest BCUT2D eigenvalue weighted by molar-refractivity contribution is 0.247. The van der Waals surface area contributed by atoms with Crippen molar-refractivity contribution in [3.63, 3.8) is 0 Å². The topological polar surface area (TPSA) is 89.7 Å². The predicted octanol–water partition coefficient (Wildman–Crippen LogP) is 1.27. The number of aromatic nitrogens is 5. The fraction of sp³-hybridized carbons (Fsp3) is 0.500. The third kappa shape index (κ3) is 3.81. The Morgan fingerprint density at radius 1 is 1.35 bits per heavy atom. The molecule has 2 rings (SSSR count). The van der Waals surface area contributed by atoms with E-state index in [0.29, 0.717) is 12.2 Å². The quantitative estimate of drug-likeness (QED) is 0.861. The van der Waals surface area contributed by atoms with Gasteiger partial charge >= 0.3 is 6.03 Å². The van der Waals surface area contributed by atoms with Crippen LogP contribution in [-0.4, -0.2) is 36.6 Å². The molecule has 0 aliphatic carbocycles. The molecule has 0 bridgehead atoms. The molecule has 0 saturated carbocycles. The second-order valence-corrected chi connectivity index (χ2v) is 4.92. The van der Waals surface area contributed by atoms with E-state index in [9.17, 15) is 4.79 Å². The Morgan fingerprint density at radius 2 is 2.15 bits per heavy atom. The summed E-state index contributed by atoms with van der Waals surface area (Å²) in [5, 5.41) is 13.7. The summed E-state index contributed by atoms with van der Waals surface area (Å²) < 4.78 is 3.45. The molecule has 0 aromatic carbocycles. The van der Waals surface area contributed by atoms with Crippen molar-refractivity contribution in [1.29, 1.82) is 0 Å². The first kappa shape index (κ1) is 14.0. The number of urea groups is 1. The van der Waals surface area contributed by atoms with E-state index >= 15 is 0 Å². The summed E-state index contributed by atoms with van der Waals surface area (Å²) in [5.74, 6) is 0. The maximum atomic E-state index is 11.8. The summed E-state index contributed by atoms with van der Waals surface area (Å²) in [4.78, 5) is 15.7. The molecular weight excluding hydrogens is 258 g/mol. The van der Waals surface area contributed by atoms with Crippen LogP contribution in [-0.2, 0) is 6.54 Å². The van der Waals surface area contributed by atoms with Gasteiger partial charge in [0.15, 0.2) is 0 Å². The van der Waals surface area contributed by atoms with Gasteiger partial charge in [-0.2, -0.15) is 10.2 Å². The number of amides is 2. The SMILES string of the molecule is CC(Cn1cncn1)NC(=O)Nc1cnn(C(C)C)c1. The number of carbonyl (C=O) groups is 1. The van der Waals surface area contributed by atoms with E-state index < -0.39 is 0 Å². The molecule has 0 aliphatic heterocycles. The molecule has 2 aromatic rings. The molecule has 2 amide bonds. The van der Waals surface area contributed by atoms with Crippen LogP contribution in [0.2, 0.25) is 0 Å². The molecule has 0 saturated heterocycles. The first-order valence-electron chi connectivity index (χ1n) is 6.48. The van der Waals surface area contributed by atoms with Crippen molar-refractivity contribution in [2.75, 3.05) is 5.32 Å². The maximum Gasteiger partial charge on any atom is 0.319 e. The molecule has 8 nitrogen and oxygen atoms in total. The zero-order valence-electron chi connectivity index (χ0n) is 11.8. The minimum absolute atomic E-state index is 0.0585. The fourth-order valence-electron chi connectivity index (χ4n) is 1.73. The fourth-order valence-corrected chi connectivity index (χ4v) is 1.73. The van der Waals surface area contributed by atoms with E-state index in [0.717, 1.165) is 0 Å². The second kappa shape index (κ2) is 6.18. The van der Waals surface area contributed by atoms with Gasteiger partial charge in [-0.15, -0.1) is 0 Å². The smallest absolute Gasteiger partial charge is 0.319 e. The molecule has 0 spiro atoms. The molecule has 2 N–H and O–H groups in total. The number of anilines is 1. The lowest BCUT2D eigenvalue weighted by Crippen LogP contribution is -2.38. The van der Waals surface area contributed by atoms with Gasteiger partial charge in [0, 0.05) is 18.3 Å². The summed E-state index contributed by atoms with van der Waals surface area (Å²) in [6.07, 6.45) is 6.50. The van der Waals surface area contributed by atoms with Gasteiger partial charge in [0.25, 0.3) is 0 Å². The summed E-state index contributed by atoms with van der Waals surface area (Å²) >= 11 is 0. The van der Waals surface area contributed by atoms with Crippen LogP contribution in [0.5, 0.6) is 0 Å². The van der Waals surface area contributed by atoms with Crippen molar-refractivity contribution in [2.45, 2.75) is 39.4 Å². The van der Waals surface area contributed by atoms with Crippen LogP contribution >= 0.6 is 0 Å². The average molecular weight is 277 g/mol. The summed E-state index contributed by atoms with van der Waals surface area (Å²) in [5.41, 5.74) is 0.671. The molecule has 0 aliphatic rings. The van der Waals surface area contributed by atoms with Crippen LogP contribution in [0, 0.1) is 0 Å². The molecule has 0 radical (unpaired) electrons. The van der Waals surface area contributed by atoms with Gasteiger partial charge in [0.05, 0.1) is 18.4 Å². The van der Waals surface area contributed by atoms with E-state index in [4.69, 9.17) is 0 Å². The predicted molar refractivity (Wildman–Crippen MR) is 74.3 cm³/mol. The van der Waals surface area contributed by atoms with Crippen molar-refractivity contribution in [2.24, 2.45) is 0 Å². The Hall–Kier alpha value is -2.38. The first-order chi connectivity index (χ1) is 9.54. The molecule has 1 unspecified atom stereocenters. The number of carbonyl (C=O) groups excluding carboxylic acids is 1. The standard InChI is InChI=1S/C12H19N7O/c1-9(2)19-6-11(4-14-19)17-12(20)16-10(3)5-18-8-13-7-15-18/h4,6-10H,5H2,1-3H3,(H2,16,17,20). The van der Waals surface area contributed by atoms with Crippen molar-refractivity contribution in [1.82, 2.24) is 29.9 Å². The Morgan fingerprint density at radius 3 is 2.75 bits per heavy atom. The van der Waals surface area contributed by atoms with Crippen LogP contribution in [0.15, 0.2) is 25.0 Å². The number of rotatable bonds is 5. The highest BCUT2D eigenvalue weighted by molar-refractivity contribution is 5.89. The van der Waals surface area contributed by atoms with Gasteiger partial charge in [-0.1, -0.05) is 0 Å². The van der Waals surface area contributed by atoms with Gasteiger partial charge in [0.1, 0.15) is 12.7 Å². The Bertz CT molecular complexity index is 546. The van der Waals surface area contributed by atoms with Crippen molar-refractivity contribution in [3.8, 4) is 0 Å². The maximum absolute atomic E-state index is 11.8. The normalized spacial score (nSPS) is 12.4. The Labute approximate surface area is 117 Å². The Balaban J connectivity index is 1.82. The molecule has 8 heteroatoms. The number of nitrogens with zero attached hydrogens (tertiary/aromatic N) is 5. The van der Waals surface area contributed by atoms with Gasteiger partial charge in [-0.05, 0) is 20.8 Å². The van der Waals surface area contributed by atoms with E-state index in [1.165, 1.54) is 6.33 Å². The van der Waals surface area contributed by atoms with Crippen molar-refractivity contribution < 1.29 is 4.79 Å². The van der Waals surface area contributed by atoms with Crippen LogP contribution in [0.4, 0.5) is 10.5 Å². The lowest BCUT2D eigenvalue weighted by Gasteiger charge is -2.13. The lowest BCUT2D eigenvalue weighted by atomic mass is 10.3. The Kier molecular flexibility index (Phi) is 4.34. The van der Waals surface area contributed by atoms with E-state index in [1.807, 2.05) is 20.8 Å². The van der Waals surface area contributed by atoms with Crippen LogP contribution in [0.3, 0.4) is 0 Å². The summed E-state index contributed by atoms with van der Waals surface area (Å²) in [6, 6.07) is -0.0578. The van der Waals surface area contributed by atoms with Crippen molar-refractivity contribution >= 4 is 11.7 Å². The number of hydrogen-bond donors (Lipinski definition) is 2. The van der Waals surface area contributed by atoms with Gasteiger partial charge in [-0.3, -0.25) is 9.36 Å². The average Bonchev–Trinajstić information content (AvgIpc) is 2.99. The molecule has 2 heterocycles. The van der Waals surface area contributed by atoms with Crippen molar-refractivity contribution in [3.05, 3.63) is 25.0 Å². The van der Waals surface area contributed by atoms with Crippen LogP contribution in [0.1, 0.15) is 26.8 Å². The molecular formula is C12H19N7O. The molecule has 20 heavy (non-hydrogen) atoms. The molecule has 1 atom stereocenters. The minimum atomic E-state index is -0.263. The first-order valence-corrected chi connectivity index (χ1v) is 6.48. The number of nitrogens with one attached hydrogen (secondary N) is 2. The molecule has 108 valence electrons. The summed E-state index contributed by atoms with van der Waals surface area (Å²) in [6.45, 7) is 6.52. The third-order valence-electron chi connectivity index (χ3n) is 2.69. The van der Waals surface area contributed by atoms with Gasteiger partial charge in [-0.25, -0.2) is 9.78 Å². The largest absolute Gasteiger partial charge is 0.334 e. The van der Waals surface area contributed by atoms with Crippen LogP contribution < -0.4 is 10.6 Å². The monoisotopic (exact) mass is 277 g/mol. The highest BCUT2D eigenvalue weighted by Crippen LogP contribution is 2.09. The van der Waals surface area contributed by atoms with Crippen LogP contribution in [0.25, 0.3) is 0 Å². The zero-order valence-corrected chi connectivity index (χ0v) is 11.8.